The second-order valence-electron chi connectivity index (χ2n) is 7.39. The maximum Gasteiger partial charge on any atom is 0.338 e. The summed E-state index contributed by atoms with van der Waals surface area (Å²) in [6.45, 7) is 5.75. The molecule has 0 spiro atoms. The van der Waals surface area contributed by atoms with Crippen molar-refractivity contribution in [2.45, 2.75) is 45.2 Å². The van der Waals surface area contributed by atoms with Crippen molar-refractivity contribution in [2.75, 3.05) is 26.7 Å². The molecule has 1 N–H and O–H groups in total. The fourth-order valence-corrected chi connectivity index (χ4v) is 4.12. The Morgan fingerprint density at radius 2 is 2.14 bits per heavy atom. The third-order valence-electron chi connectivity index (χ3n) is 5.55. The van der Waals surface area contributed by atoms with Gasteiger partial charge in [-0.15, -0.1) is 0 Å². The van der Waals surface area contributed by atoms with Crippen molar-refractivity contribution in [3.05, 3.63) is 46.1 Å². The molecule has 2 atom stereocenters. The normalized spacial score (nSPS) is 23.6. The van der Waals surface area contributed by atoms with Crippen molar-refractivity contribution in [3.63, 3.8) is 0 Å². The van der Waals surface area contributed by atoms with E-state index in [0.29, 0.717) is 28.9 Å². The van der Waals surface area contributed by atoms with Gasteiger partial charge in [-0.05, 0) is 50.9 Å². The van der Waals surface area contributed by atoms with E-state index >= 15 is 0 Å². The van der Waals surface area contributed by atoms with E-state index in [1.165, 1.54) is 11.3 Å². The van der Waals surface area contributed by atoms with Crippen LogP contribution in [0.4, 0.5) is 4.79 Å². The predicted octanol–water partition coefficient (Wildman–Crippen LogP) is 3.73. The highest BCUT2D eigenvalue weighted by Crippen LogP contribution is 2.33. The smallest absolute Gasteiger partial charge is 0.338 e. The number of urea groups is 1. The predicted molar refractivity (Wildman–Crippen MR) is 109 cm³/mol. The molecule has 1 saturated heterocycles. The van der Waals surface area contributed by atoms with Crippen molar-refractivity contribution in [1.29, 1.82) is 0 Å². The minimum Gasteiger partial charge on any atom is -0.463 e. The molecular formula is C21H28ClN3O3. The van der Waals surface area contributed by atoms with E-state index in [9.17, 15) is 9.59 Å². The molecule has 2 aliphatic heterocycles. The Morgan fingerprint density at radius 3 is 2.82 bits per heavy atom. The van der Waals surface area contributed by atoms with Gasteiger partial charge in [-0.3, -0.25) is 9.80 Å². The number of carbonyl (C=O) groups excluding carboxylic acids is 2. The molecule has 3 rings (SSSR count). The number of rotatable bonds is 5. The van der Waals surface area contributed by atoms with Gasteiger partial charge in [0.15, 0.2) is 0 Å². The lowest BCUT2D eigenvalue weighted by Crippen LogP contribution is -2.50. The number of carbonyl (C=O) groups is 2. The Balaban J connectivity index is 2.06. The third kappa shape index (κ3) is 4.33. The molecule has 6 nitrogen and oxygen atoms in total. The largest absolute Gasteiger partial charge is 0.463 e. The minimum atomic E-state index is -0.587. The number of ether oxygens (including phenoxy) is 1. The molecule has 0 aliphatic carbocycles. The van der Waals surface area contributed by atoms with Crippen molar-refractivity contribution in [3.8, 4) is 0 Å². The summed E-state index contributed by atoms with van der Waals surface area (Å²) in [7, 11) is 1.70. The molecule has 2 heterocycles. The number of nitrogens with zero attached hydrogens (tertiary/aromatic N) is 2. The van der Waals surface area contributed by atoms with Gasteiger partial charge in [0.05, 0.1) is 18.2 Å². The number of likely N-dealkylation sites (N-methyl/N-ethyl adjacent to an activating group) is 1. The molecule has 2 amide bonds. The highest BCUT2D eigenvalue weighted by atomic mass is 35.5. The van der Waals surface area contributed by atoms with Crippen LogP contribution in [0, 0.1) is 0 Å². The fourth-order valence-electron chi connectivity index (χ4n) is 3.92. The van der Waals surface area contributed by atoms with Crippen LogP contribution in [0.2, 0.25) is 5.02 Å². The van der Waals surface area contributed by atoms with Gasteiger partial charge < -0.3 is 10.1 Å². The second-order valence-corrected chi connectivity index (χ2v) is 7.83. The molecule has 1 fully saturated rings. The molecule has 152 valence electrons. The van der Waals surface area contributed by atoms with Crippen LogP contribution in [0.3, 0.4) is 0 Å². The van der Waals surface area contributed by atoms with Crippen LogP contribution in [0.15, 0.2) is 35.5 Å². The zero-order chi connectivity index (χ0) is 20.3. The van der Waals surface area contributed by atoms with E-state index in [-0.39, 0.29) is 12.6 Å². The summed E-state index contributed by atoms with van der Waals surface area (Å²) in [4.78, 5) is 29.5. The number of esters is 1. The topological polar surface area (TPSA) is 61.9 Å². The first-order chi connectivity index (χ1) is 13.4. The summed E-state index contributed by atoms with van der Waals surface area (Å²) >= 11 is 6.17. The molecule has 2 unspecified atom stereocenters. The van der Waals surface area contributed by atoms with E-state index < -0.39 is 12.0 Å². The van der Waals surface area contributed by atoms with Crippen molar-refractivity contribution >= 4 is 23.6 Å². The molecule has 0 bridgehead atoms. The number of hydrogen-bond acceptors (Lipinski definition) is 4. The maximum atomic E-state index is 12.9. The van der Waals surface area contributed by atoms with E-state index in [4.69, 9.17) is 16.3 Å². The van der Waals surface area contributed by atoms with Crippen LogP contribution in [0.5, 0.6) is 0 Å². The maximum absolute atomic E-state index is 12.9. The summed E-state index contributed by atoms with van der Waals surface area (Å²) in [6, 6.07) is 6.81. The molecular weight excluding hydrogens is 378 g/mol. The molecule has 0 radical (unpaired) electrons. The summed E-state index contributed by atoms with van der Waals surface area (Å²) in [5.41, 5.74) is 1.94. The first-order valence-electron chi connectivity index (χ1n) is 9.86. The Morgan fingerprint density at radius 1 is 1.36 bits per heavy atom. The van der Waals surface area contributed by atoms with Crippen molar-refractivity contribution in [2.24, 2.45) is 0 Å². The number of amides is 2. The SMILES string of the molecule is CCOC(=O)C1=C(CN2CCCCC2C)N(C)C(=O)NC1c1cccc(Cl)c1. The van der Waals surface area contributed by atoms with Crippen LogP contribution in [-0.4, -0.2) is 54.6 Å². The van der Waals surface area contributed by atoms with Crippen molar-refractivity contribution in [1.82, 2.24) is 15.1 Å². The first-order valence-corrected chi connectivity index (χ1v) is 10.2. The van der Waals surface area contributed by atoms with Gasteiger partial charge >= 0.3 is 12.0 Å². The Labute approximate surface area is 171 Å². The number of hydrogen-bond donors (Lipinski definition) is 1. The number of nitrogens with one attached hydrogen (secondary N) is 1. The Bertz CT molecular complexity index is 780. The monoisotopic (exact) mass is 405 g/mol. The lowest BCUT2D eigenvalue weighted by atomic mass is 9.93. The average Bonchev–Trinajstić information content (AvgIpc) is 2.67. The van der Waals surface area contributed by atoms with Crippen LogP contribution in [0.25, 0.3) is 0 Å². The van der Waals surface area contributed by atoms with E-state index in [1.807, 2.05) is 12.1 Å². The van der Waals surface area contributed by atoms with E-state index in [0.717, 1.165) is 24.9 Å². The minimum absolute atomic E-state index is 0.238. The van der Waals surface area contributed by atoms with Gasteiger partial charge in [0.2, 0.25) is 0 Å². The average molecular weight is 406 g/mol. The molecule has 0 aromatic heterocycles. The Kier molecular flexibility index (Phi) is 6.62. The van der Waals surface area contributed by atoms with Gasteiger partial charge in [-0.25, -0.2) is 9.59 Å². The quantitative estimate of drug-likeness (QED) is 0.758. The molecule has 0 saturated carbocycles. The second kappa shape index (κ2) is 8.97. The number of benzene rings is 1. The van der Waals surface area contributed by atoms with Crippen LogP contribution >= 0.6 is 11.6 Å². The molecule has 28 heavy (non-hydrogen) atoms. The van der Waals surface area contributed by atoms with Gasteiger partial charge in [0.1, 0.15) is 0 Å². The standard InChI is InChI=1S/C21H28ClN3O3/c1-4-28-20(26)18-17(13-25-11-6-5-8-14(25)2)24(3)21(27)23-19(18)15-9-7-10-16(22)12-15/h7,9-10,12,14,19H,4-6,8,11,13H2,1-3H3,(H,23,27). The highest BCUT2D eigenvalue weighted by molar-refractivity contribution is 6.30. The fraction of sp³-hybridized carbons (Fsp3) is 0.524. The van der Waals surface area contributed by atoms with Crippen LogP contribution in [0.1, 0.15) is 44.7 Å². The van der Waals surface area contributed by atoms with E-state index in [2.05, 4.69) is 17.1 Å². The van der Waals surface area contributed by atoms with Crippen LogP contribution < -0.4 is 5.32 Å². The lowest BCUT2D eigenvalue weighted by molar-refractivity contribution is -0.139. The molecule has 7 heteroatoms. The van der Waals surface area contributed by atoms with Gasteiger partial charge in [-0.2, -0.15) is 0 Å². The molecule has 1 aromatic rings. The number of piperidine rings is 1. The molecule has 1 aromatic carbocycles. The zero-order valence-corrected chi connectivity index (χ0v) is 17.5. The lowest BCUT2D eigenvalue weighted by Gasteiger charge is -2.39. The summed E-state index contributed by atoms with van der Waals surface area (Å²) < 4.78 is 5.37. The first kappa shape index (κ1) is 20.7. The summed E-state index contributed by atoms with van der Waals surface area (Å²) in [6.07, 6.45) is 3.46. The van der Waals surface area contributed by atoms with Crippen LogP contribution in [-0.2, 0) is 9.53 Å². The Hall–Kier alpha value is -2.05. The van der Waals surface area contributed by atoms with Crippen molar-refractivity contribution < 1.29 is 14.3 Å². The summed E-state index contributed by atoms with van der Waals surface area (Å²) in [5.74, 6) is -0.404. The van der Waals surface area contributed by atoms with Gasteiger partial charge in [0.25, 0.3) is 0 Å². The molecule has 2 aliphatic rings. The zero-order valence-electron chi connectivity index (χ0n) is 16.7. The van der Waals surface area contributed by atoms with E-state index in [1.54, 1.807) is 26.1 Å². The third-order valence-corrected chi connectivity index (χ3v) is 5.78. The summed E-state index contributed by atoms with van der Waals surface area (Å²) in [5, 5.41) is 3.48. The number of likely N-dealkylation sites (tertiary alicyclic amines) is 1. The highest BCUT2D eigenvalue weighted by Gasteiger charge is 2.38. The van der Waals surface area contributed by atoms with Gasteiger partial charge in [0, 0.05) is 30.4 Å². The van der Waals surface area contributed by atoms with Gasteiger partial charge in [-0.1, -0.05) is 30.2 Å². The number of halogens is 1.